The molecule has 1 aliphatic heterocycles. The molecule has 0 radical (unpaired) electrons. The van der Waals surface area contributed by atoms with Crippen molar-refractivity contribution in [3.05, 3.63) is 0 Å². The first-order chi connectivity index (χ1) is 9.46. The fourth-order valence-corrected chi connectivity index (χ4v) is 3.89. The van der Waals surface area contributed by atoms with Gasteiger partial charge in [-0.25, -0.2) is 8.78 Å². The van der Waals surface area contributed by atoms with Crippen LogP contribution in [0.15, 0.2) is 0 Å². The van der Waals surface area contributed by atoms with Gasteiger partial charge in [0.25, 0.3) is 5.92 Å². The molecule has 0 aromatic carbocycles. The zero-order valence-corrected chi connectivity index (χ0v) is 11.6. The Labute approximate surface area is 117 Å². The maximum atomic E-state index is 13.1. The van der Waals surface area contributed by atoms with Gasteiger partial charge in [0.15, 0.2) is 0 Å². The van der Waals surface area contributed by atoms with E-state index in [1.807, 2.05) is 0 Å². The number of nitrogens with two attached hydrogens (primary N) is 1. The van der Waals surface area contributed by atoms with Crippen LogP contribution < -0.4 is 5.73 Å². The molecule has 20 heavy (non-hydrogen) atoms. The van der Waals surface area contributed by atoms with E-state index in [4.69, 9.17) is 10.5 Å². The van der Waals surface area contributed by atoms with Crippen LogP contribution in [0.4, 0.5) is 8.78 Å². The summed E-state index contributed by atoms with van der Waals surface area (Å²) in [5.41, 5.74) is 5.05. The van der Waals surface area contributed by atoms with E-state index in [2.05, 4.69) is 4.90 Å². The fraction of sp³-hybridized carbons (Fsp3) is 0.929. The lowest BCUT2D eigenvalue weighted by Gasteiger charge is -2.33. The molecule has 0 bridgehead atoms. The minimum Gasteiger partial charge on any atom is -0.368 e. The van der Waals surface area contributed by atoms with Crippen LogP contribution in [0, 0.1) is 17.8 Å². The molecule has 3 rings (SSSR count). The second-order valence-corrected chi connectivity index (χ2v) is 6.50. The summed E-state index contributed by atoms with van der Waals surface area (Å²) < 4.78 is 31.7. The van der Waals surface area contributed by atoms with Crippen LogP contribution in [0.2, 0.25) is 0 Å². The number of hydrogen-bond donors (Lipinski definition) is 1. The molecule has 1 saturated heterocycles. The first-order valence-electron chi connectivity index (χ1n) is 7.47. The average molecular weight is 288 g/mol. The molecule has 1 amide bonds. The predicted octanol–water partition coefficient (Wildman–Crippen LogP) is 1.24. The van der Waals surface area contributed by atoms with E-state index in [1.54, 1.807) is 0 Å². The molecule has 114 valence electrons. The second-order valence-electron chi connectivity index (χ2n) is 6.50. The van der Waals surface area contributed by atoms with Gasteiger partial charge >= 0.3 is 0 Å². The number of carbonyl (C=O) groups is 1. The zero-order chi connectivity index (χ0) is 14.3. The number of carbonyl (C=O) groups excluding carboxylic acids is 1. The molecule has 0 aromatic rings. The average Bonchev–Trinajstić information content (AvgIpc) is 2.78. The topological polar surface area (TPSA) is 55.6 Å². The highest BCUT2D eigenvalue weighted by atomic mass is 19.3. The molecular formula is C14H22F2N2O2. The van der Waals surface area contributed by atoms with Crippen LogP contribution in [0.3, 0.4) is 0 Å². The van der Waals surface area contributed by atoms with Gasteiger partial charge in [-0.05, 0) is 31.6 Å². The van der Waals surface area contributed by atoms with Crippen molar-refractivity contribution in [1.82, 2.24) is 4.90 Å². The first-order valence-corrected chi connectivity index (χ1v) is 7.47. The quantitative estimate of drug-likeness (QED) is 0.828. The van der Waals surface area contributed by atoms with E-state index in [9.17, 15) is 13.6 Å². The molecule has 3 aliphatic rings. The highest BCUT2D eigenvalue weighted by Crippen LogP contribution is 2.65. The summed E-state index contributed by atoms with van der Waals surface area (Å²) in [6.07, 6.45) is 3.28. The van der Waals surface area contributed by atoms with Crippen molar-refractivity contribution in [3.8, 4) is 0 Å². The third kappa shape index (κ3) is 2.81. The number of halogens is 2. The molecule has 2 N–H and O–H groups in total. The van der Waals surface area contributed by atoms with Crippen LogP contribution in [0.25, 0.3) is 0 Å². The summed E-state index contributed by atoms with van der Waals surface area (Å²) in [6, 6.07) is 0. The molecule has 6 heteroatoms. The largest absolute Gasteiger partial charge is 0.368 e. The predicted molar refractivity (Wildman–Crippen MR) is 69.3 cm³/mol. The first kappa shape index (κ1) is 14.2. The summed E-state index contributed by atoms with van der Waals surface area (Å²) in [7, 11) is 0. The molecule has 1 heterocycles. The van der Waals surface area contributed by atoms with Gasteiger partial charge in [-0.1, -0.05) is 0 Å². The summed E-state index contributed by atoms with van der Waals surface area (Å²) in [6.45, 7) is 2.77. The van der Waals surface area contributed by atoms with Gasteiger partial charge in [-0.3, -0.25) is 4.79 Å². The van der Waals surface area contributed by atoms with E-state index >= 15 is 0 Å². The lowest BCUT2D eigenvalue weighted by atomic mass is 10.00. The van der Waals surface area contributed by atoms with Gasteiger partial charge in [0.05, 0.1) is 6.10 Å². The number of rotatable bonds is 5. The monoisotopic (exact) mass is 288 g/mol. The summed E-state index contributed by atoms with van der Waals surface area (Å²) in [5, 5.41) is 0. The van der Waals surface area contributed by atoms with E-state index in [0.29, 0.717) is 18.8 Å². The molecule has 3 fully saturated rings. The fourth-order valence-electron chi connectivity index (χ4n) is 3.89. The number of ether oxygens (including phenoxy) is 1. The molecule has 4 nitrogen and oxygen atoms in total. The number of amides is 1. The number of nitrogens with zero attached hydrogens (tertiary/aromatic N) is 1. The van der Waals surface area contributed by atoms with E-state index < -0.39 is 11.8 Å². The molecule has 0 spiro atoms. The van der Waals surface area contributed by atoms with Gasteiger partial charge in [0.1, 0.15) is 6.61 Å². The molecule has 2 atom stereocenters. The third-order valence-electron chi connectivity index (χ3n) is 5.05. The molecule has 2 saturated carbocycles. The van der Waals surface area contributed by atoms with Gasteiger partial charge < -0.3 is 15.4 Å². The van der Waals surface area contributed by atoms with Crippen LogP contribution in [0.1, 0.15) is 25.7 Å². The van der Waals surface area contributed by atoms with Crippen molar-refractivity contribution < 1.29 is 18.3 Å². The number of likely N-dealkylation sites (tertiary alicyclic amines) is 1. The molecule has 0 aromatic heterocycles. The van der Waals surface area contributed by atoms with Gasteiger partial charge in [-0.2, -0.15) is 0 Å². The Morgan fingerprint density at radius 3 is 2.40 bits per heavy atom. The number of hydrogen-bond acceptors (Lipinski definition) is 3. The van der Waals surface area contributed by atoms with Crippen LogP contribution in [-0.2, 0) is 9.53 Å². The highest BCUT2D eigenvalue weighted by molar-refractivity contribution is 5.75. The summed E-state index contributed by atoms with van der Waals surface area (Å²) >= 11 is 0. The molecule has 2 unspecified atom stereocenters. The molecular weight excluding hydrogens is 266 g/mol. The Kier molecular flexibility index (Phi) is 3.71. The van der Waals surface area contributed by atoms with Crippen molar-refractivity contribution in [2.75, 3.05) is 26.2 Å². The Bertz CT molecular complexity index is 369. The highest BCUT2D eigenvalue weighted by Gasteiger charge is 2.71. The molecule has 2 aliphatic carbocycles. The Hall–Kier alpha value is -0.750. The lowest BCUT2D eigenvalue weighted by molar-refractivity contribution is -0.125. The Balaban J connectivity index is 1.35. The van der Waals surface area contributed by atoms with Gasteiger partial charge in [-0.15, -0.1) is 0 Å². The smallest absolute Gasteiger partial charge is 0.254 e. The normalized spacial score (nSPS) is 36.8. The van der Waals surface area contributed by atoms with Crippen molar-refractivity contribution >= 4 is 5.91 Å². The SMILES string of the molecule is NC(=O)COC1CCN(CC2CC3C(C2)C3(F)F)CC1. The van der Waals surface area contributed by atoms with Crippen molar-refractivity contribution in [2.45, 2.75) is 37.7 Å². The van der Waals surface area contributed by atoms with Gasteiger partial charge in [0.2, 0.25) is 5.91 Å². The van der Waals surface area contributed by atoms with Crippen LogP contribution >= 0.6 is 0 Å². The summed E-state index contributed by atoms with van der Waals surface area (Å²) in [5.74, 6) is -3.01. The zero-order valence-electron chi connectivity index (χ0n) is 11.6. The lowest BCUT2D eigenvalue weighted by Crippen LogP contribution is -2.40. The van der Waals surface area contributed by atoms with Crippen molar-refractivity contribution in [1.29, 1.82) is 0 Å². The minimum absolute atomic E-state index is 0.00820. The Morgan fingerprint density at radius 2 is 1.85 bits per heavy atom. The third-order valence-corrected chi connectivity index (χ3v) is 5.05. The number of primary amides is 1. The van der Waals surface area contributed by atoms with Crippen molar-refractivity contribution in [3.63, 3.8) is 0 Å². The standard InChI is InChI=1S/C14H22F2N2O2/c15-14(16)11-5-9(6-12(11)14)7-18-3-1-10(2-4-18)20-8-13(17)19/h9-12H,1-8H2,(H2,17,19). The number of fused-ring (bicyclic) bond motifs is 1. The minimum atomic E-state index is -2.36. The van der Waals surface area contributed by atoms with Gasteiger partial charge in [0, 0.05) is 31.5 Å². The maximum absolute atomic E-state index is 13.1. The van der Waals surface area contributed by atoms with Crippen molar-refractivity contribution in [2.24, 2.45) is 23.5 Å². The van der Waals surface area contributed by atoms with E-state index in [1.165, 1.54) is 0 Å². The summed E-state index contributed by atoms with van der Waals surface area (Å²) in [4.78, 5) is 13.0. The maximum Gasteiger partial charge on any atom is 0.254 e. The van der Waals surface area contributed by atoms with Crippen LogP contribution in [-0.4, -0.2) is 49.1 Å². The number of alkyl halides is 2. The van der Waals surface area contributed by atoms with E-state index in [0.717, 1.165) is 32.5 Å². The second kappa shape index (κ2) is 5.22. The van der Waals surface area contributed by atoms with E-state index in [-0.39, 0.29) is 24.5 Å². The Morgan fingerprint density at radius 1 is 1.25 bits per heavy atom. The number of piperidine rings is 1. The van der Waals surface area contributed by atoms with Crippen LogP contribution in [0.5, 0.6) is 0 Å².